The van der Waals surface area contributed by atoms with Crippen molar-refractivity contribution in [1.29, 1.82) is 0 Å². The number of carboxylic acid groups (broad SMARTS) is 2. The van der Waals surface area contributed by atoms with Crippen LogP contribution in [-0.2, 0) is 9.47 Å². The first kappa shape index (κ1) is 28.4. The van der Waals surface area contributed by atoms with Crippen molar-refractivity contribution in [2.75, 3.05) is 13.2 Å². The topological polar surface area (TPSA) is 127 Å². The van der Waals surface area contributed by atoms with Crippen molar-refractivity contribution < 1.29 is 38.9 Å². The minimum absolute atomic E-state index is 0.190. The molecular weight excluding hydrogens is 440 g/mol. The molecule has 0 aromatic heterocycles. The maximum absolute atomic E-state index is 12.1. The van der Waals surface area contributed by atoms with Crippen molar-refractivity contribution in [3.63, 3.8) is 0 Å². The van der Waals surface area contributed by atoms with Crippen molar-refractivity contribution >= 4 is 23.9 Å². The minimum atomic E-state index is -1.23. The van der Waals surface area contributed by atoms with Gasteiger partial charge in [-0.2, -0.15) is 0 Å². The molecule has 0 radical (unpaired) electrons. The summed E-state index contributed by atoms with van der Waals surface area (Å²) < 4.78 is 10.5. The van der Waals surface area contributed by atoms with E-state index >= 15 is 0 Å². The van der Waals surface area contributed by atoms with E-state index in [1.807, 2.05) is 0 Å². The number of rotatable bonds is 10. The lowest BCUT2D eigenvalue weighted by molar-refractivity contribution is 0.0440. The summed E-state index contributed by atoms with van der Waals surface area (Å²) in [7, 11) is 0. The molecular formula is C26H32O8. The second kappa shape index (κ2) is 14.5. The van der Waals surface area contributed by atoms with Gasteiger partial charge in [0.15, 0.2) is 0 Å². The summed E-state index contributed by atoms with van der Waals surface area (Å²) in [6, 6.07) is 12.1. The summed E-state index contributed by atoms with van der Waals surface area (Å²) in [5.74, 6) is -2.48. The van der Waals surface area contributed by atoms with Gasteiger partial charge in [-0.3, -0.25) is 0 Å². The molecule has 0 aliphatic heterocycles. The molecule has 0 saturated carbocycles. The highest BCUT2D eigenvalue weighted by molar-refractivity contribution is 6.03. The van der Waals surface area contributed by atoms with Crippen molar-refractivity contribution in [2.24, 2.45) is 11.8 Å². The molecule has 8 heteroatoms. The summed E-state index contributed by atoms with van der Waals surface area (Å²) >= 11 is 0. The minimum Gasteiger partial charge on any atom is -0.478 e. The van der Waals surface area contributed by atoms with Crippen molar-refractivity contribution in [3.8, 4) is 0 Å². The average molecular weight is 473 g/mol. The van der Waals surface area contributed by atoms with Crippen LogP contribution < -0.4 is 0 Å². The molecule has 0 aliphatic carbocycles. The van der Waals surface area contributed by atoms with Gasteiger partial charge in [-0.05, 0) is 48.9 Å². The van der Waals surface area contributed by atoms with E-state index in [9.17, 15) is 19.2 Å². The molecule has 2 aromatic carbocycles. The van der Waals surface area contributed by atoms with E-state index in [4.69, 9.17) is 19.7 Å². The SMILES string of the molecule is CC(C)CCOC(=O)c1ccccc1C(=O)OCCC(C)C.O=C(O)c1ccccc1C(=O)O. The Morgan fingerprint density at radius 3 is 1.18 bits per heavy atom. The molecule has 0 aliphatic rings. The van der Waals surface area contributed by atoms with Crippen LogP contribution in [0.5, 0.6) is 0 Å². The van der Waals surface area contributed by atoms with Crippen LogP contribution in [0, 0.1) is 11.8 Å². The lowest BCUT2D eigenvalue weighted by atomic mass is 10.1. The van der Waals surface area contributed by atoms with E-state index in [0.717, 1.165) is 12.8 Å². The Morgan fingerprint density at radius 2 is 0.912 bits per heavy atom. The Labute approximate surface area is 199 Å². The highest BCUT2D eigenvalue weighted by Gasteiger charge is 2.19. The predicted molar refractivity (Wildman–Crippen MR) is 126 cm³/mol. The zero-order valence-electron chi connectivity index (χ0n) is 19.9. The number of ether oxygens (including phenoxy) is 2. The van der Waals surface area contributed by atoms with E-state index < -0.39 is 23.9 Å². The van der Waals surface area contributed by atoms with Crippen LogP contribution in [0.3, 0.4) is 0 Å². The maximum Gasteiger partial charge on any atom is 0.339 e. The summed E-state index contributed by atoms with van der Waals surface area (Å²) in [6.45, 7) is 8.96. The van der Waals surface area contributed by atoms with Crippen LogP contribution in [0.15, 0.2) is 48.5 Å². The second-order valence-corrected chi connectivity index (χ2v) is 8.34. The molecule has 2 rings (SSSR count). The van der Waals surface area contributed by atoms with E-state index in [2.05, 4.69) is 27.7 Å². The van der Waals surface area contributed by atoms with Gasteiger partial charge in [-0.15, -0.1) is 0 Å². The smallest absolute Gasteiger partial charge is 0.339 e. The van der Waals surface area contributed by atoms with Crippen LogP contribution in [0.2, 0.25) is 0 Å². The van der Waals surface area contributed by atoms with E-state index in [1.165, 1.54) is 24.3 Å². The molecule has 34 heavy (non-hydrogen) atoms. The molecule has 0 spiro atoms. The Hall–Kier alpha value is -3.68. The van der Waals surface area contributed by atoms with Gasteiger partial charge >= 0.3 is 23.9 Å². The van der Waals surface area contributed by atoms with Gasteiger partial charge in [-0.25, -0.2) is 19.2 Å². The number of hydrogen-bond donors (Lipinski definition) is 2. The monoisotopic (exact) mass is 472 g/mol. The average Bonchev–Trinajstić information content (AvgIpc) is 2.78. The number of aromatic carboxylic acids is 2. The van der Waals surface area contributed by atoms with E-state index in [1.54, 1.807) is 24.3 Å². The summed E-state index contributed by atoms with van der Waals surface area (Å²) in [5, 5.41) is 17.1. The molecule has 0 unspecified atom stereocenters. The van der Waals surface area contributed by atoms with Gasteiger partial charge in [-0.1, -0.05) is 52.0 Å². The molecule has 2 N–H and O–H groups in total. The van der Waals surface area contributed by atoms with Crippen LogP contribution in [0.25, 0.3) is 0 Å². The largest absolute Gasteiger partial charge is 0.478 e. The lowest BCUT2D eigenvalue weighted by Gasteiger charge is -2.11. The predicted octanol–water partition coefficient (Wildman–Crippen LogP) is 5.18. The molecule has 0 atom stereocenters. The van der Waals surface area contributed by atoms with Gasteiger partial charge in [0.05, 0.1) is 35.5 Å². The standard InChI is InChI=1S/C18H26O4.C8H6O4/c1-13(2)9-11-21-17(19)15-7-5-6-8-16(15)18(20)22-12-10-14(3)4;9-7(10)5-3-1-2-4-6(5)8(11)12/h5-8,13-14H,9-12H2,1-4H3;1-4H,(H,9,10)(H,11,12). The summed E-state index contributed by atoms with van der Waals surface area (Å²) in [5.41, 5.74) is 0.150. The van der Waals surface area contributed by atoms with Gasteiger partial charge in [0.1, 0.15) is 0 Å². The zero-order valence-corrected chi connectivity index (χ0v) is 19.9. The third-order valence-corrected chi connectivity index (χ3v) is 4.61. The molecule has 0 bridgehead atoms. The number of esters is 2. The van der Waals surface area contributed by atoms with Crippen LogP contribution in [-0.4, -0.2) is 47.3 Å². The molecule has 0 saturated heterocycles. The molecule has 184 valence electrons. The highest BCUT2D eigenvalue weighted by atomic mass is 16.5. The molecule has 2 aromatic rings. The molecule has 0 heterocycles. The lowest BCUT2D eigenvalue weighted by Crippen LogP contribution is -2.15. The Kier molecular flexibility index (Phi) is 12.1. The number of benzene rings is 2. The molecule has 0 amide bonds. The second-order valence-electron chi connectivity index (χ2n) is 8.34. The number of carbonyl (C=O) groups excluding carboxylic acids is 2. The fraction of sp³-hybridized carbons (Fsp3) is 0.385. The first-order valence-electron chi connectivity index (χ1n) is 11.0. The fourth-order valence-electron chi connectivity index (χ4n) is 2.63. The quantitative estimate of drug-likeness (QED) is 0.453. The van der Waals surface area contributed by atoms with Gasteiger partial charge in [0.25, 0.3) is 0 Å². The third kappa shape index (κ3) is 9.85. The maximum atomic E-state index is 12.1. The van der Waals surface area contributed by atoms with Gasteiger partial charge in [0, 0.05) is 0 Å². The van der Waals surface area contributed by atoms with Gasteiger partial charge < -0.3 is 19.7 Å². The van der Waals surface area contributed by atoms with E-state index in [0.29, 0.717) is 25.0 Å². The van der Waals surface area contributed by atoms with Crippen molar-refractivity contribution in [2.45, 2.75) is 40.5 Å². The molecule has 0 fully saturated rings. The third-order valence-electron chi connectivity index (χ3n) is 4.61. The highest BCUT2D eigenvalue weighted by Crippen LogP contribution is 2.13. The summed E-state index contributed by atoms with van der Waals surface area (Å²) in [4.78, 5) is 45.1. The molecule has 8 nitrogen and oxygen atoms in total. The first-order chi connectivity index (χ1) is 16.0. The van der Waals surface area contributed by atoms with Crippen molar-refractivity contribution in [1.82, 2.24) is 0 Å². The Bertz CT molecular complexity index is 900. The van der Waals surface area contributed by atoms with Crippen molar-refractivity contribution in [3.05, 3.63) is 70.8 Å². The van der Waals surface area contributed by atoms with Gasteiger partial charge in [0.2, 0.25) is 0 Å². The van der Waals surface area contributed by atoms with Crippen LogP contribution >= 0.6 is 0 Å². The Balaban J connectivity index is 0.000000404. The fourth-order valence-corrected chi connectivity index (χ4v) is 2.63. The Morgan fingerprint density at radius 1 is 0.618 bits per heavy atom. The first-order valence-corrected chi connectivity index (χ1v) is 11.0. The van der Waals surface area contributed by atoms with Crippen LogP contribution in [0.4, 0.5) is 0 Å². The number of hydrogen-bond acceptors (Lipinski definition) is 6. The number of carbonyl (C=O) groups is 4. The normalized spacial score (nSPS) is 10.3. The number of carboxylic acids is 2. The van der Waals surface area contributed by atoms with Crippen LogP contribution in [0.1, 0.15) is 82.0 Å². The summed E-state index contributed by atoms with van der Waals surface area (Å²) in [6.07, 6.45) is 1.60. The van der Waals surface area contributed by atoms with E-state index in [-0.39, 0.29) is 22.3 Å². The zero-order chi connectivity index (χ0) is 25.7.